The molecule has 2 rings (SSSR count). The standard InChI is InChI=1S/C7H8N6O2/c1-15-7(14)4-9-5-2-8-3-6-10-11-12-13(5)6/h2-3,9H,4H2,1H3. The Bertz CT molecular complexity index is 481. The monoisotopic (exact) mass is 208 g/mol. The van der Waals surface area contributed by atoms with Crippen LogP contribution in [-0.4, -0.2) is 44.6 Å². The molecule has 1 N–H and O–H groups in total. The van der Waals surface area contributed by atoms with E-state index in [-0.39, 0.29) is 12.5 Å². The molecule has 0 unspecified atom stereocenters. The minimum Gasteiger partial charge on any atom is -0.468 e. The summed E-state index contributed by atoms with van der Waals surface area (Å²) in [6.45, 7) is 0.0388. The number of nitrogens with zero attached hydrogens (tertiary/aromatic N) is 5. The van der Waals surface area contributed by atoms with E-state index >= 15 is 0 Å². The second-order valence-corrected chi connectivity index (χ2v) is 2.67. The van der Waals surface area contributed by atoms with Gasteiger partial charge >= 0.3 is 5.97 Å². The first kappa shape index (κ1) is 9.31. The molecule has 2 heterocycles. The fraction of sp³-hybridized carbons (Fsp3) is 0.286. The molecule has 0 aliphatic rings. The van der Waals surface area contributed by atoms with Crippen LogP contribution in [0, 0.1) is 0 Å². The van der Waals surface area contributed by atoms with Crippen molar-refractivity contribution in [2.24, 2.45) is 0 Å². The summed E-state index contributed by atoms with van der Waals surface area (Å²) in [6, 6.07) is 0. The van der Waals surface area contributed by atoms with Gasteiger partial charge in [0.15, 0.2) is 11.5 Å². The number of aromatic nitrogens is 5. The van der Waals surface area contributed by atoms with Crippen molar-refractivity contribution in [2.75, 3.05) is 19.0 Å². The summed E-state index contributed by atoms with van der Waals surface area (Å²) in [6.07, 6.45) is 3.04. The molecule has 8 heteroatoms. The fourth-order valence-electron chi connectivity index (χ4n) is 1.03. The zero-order valence-electron chi connectivity index (χ0n) is 7.91. The van der Waals surface area contributed by atoms with E-state index in [1.54, 1.807) is 0 Å². The van der Waals surface area contributed by atoms with Gasteiger partial charge in [-0.3, -0.25) is 9.78 Å². The lowest BCUT2D eigenvalue weighted by atomic mass is 10.6. The third-order valence-electron chi connectivity index (χ3n) is 1.75. The number of esters is 1. The summed E-state index contributed by atoms with van der Waals surface area (Å²) in [5, 5.41) is 13.7. The van der Waals surface area contributed by atoms with Crippen LogP contribution in [0.5, 0.6) is 0 Å². The van der Waals surface area contributed by atoms with Crippen LogP contribution in [0.4, 0.5) is 5.82 Å². The van der Waals surface area contributed by atoms with Crippen LogP contribution in [0.1, 0.15) is 0 Å². The number of anilines is 1. The van der Waals surface area contributed by atoms with Gasteiger partial charge in [-0.05, 0) is 10.4 Å². The van der Waals surface area contributed by atoms with Crippen molar-refractivity contribution in [1.82, 2.24) is 25.0 Å². The number of ether oxygens (including phenoxy) is 1. The minimum absolute atomic E-state index is 0.0388. The number of hydrogen-bond donors (Lipinski definition) is 1. The number of rotatable bonds is 3. The van der Waals surface area contributed by atoms with Crippen molar-refractivity contribution >= 4 is 17.4 Å². The van der Waals surface area contributed by atoms with Gasteiger partial charge < -0.3 is 10.1 Å². The molecular weight excluding hydrogens is 200 g/mol. The lowest BCUT2D eigenvalue weighted by Gasteiger charge is -2.04. The Morgan fingerprint density at radius 2 is 2.47 bits per heavy atom. The number of carbonyl (C=O) groups is 1. The smallest absolute Gasteiger partial charge is 0.325 e. The first-order valence-corrected chi connectivity index (χ1v) is 4.14. The number of nitrogens with one attached hydrogen (secondary N) is 1. The lowest BCUT2D eigenvalue weighted by molar-refractivity contribution is -0.138. The molecule has 0 saturated carbocycles. The molecule has 0 aliphatic heterocycles. The van der Waals surface area contributed by atoms with E-state index in [4.69, 9.17) is 0 Å². The van der Waals surface area contributed by atoms with E-state index in [2.05, 4.69) is 30.6 Å². The summed E-state index contributed by atoms with van der Waals surface area (Å²) in [4.78, 5) is 14.8. The van der Waals surface area contributed by atoms with E-state index in [0.29, 0.717) is 11.5 Å². The fourth-order valence-corrected chi connectivity index (χ4v) is 1.03. The first-order valence-electron chi connectivity index (χ1n) is 4.14. The van der Waals surface area contributed by atoms with E-state index in [9.17, 15) is 4.79 Å². The van der Waals surface area contributed by atoms with Crippen LogP contribution in [-0.2, 0) is 9.53 Å². The Labute approximate surface area is 84.3 Å². The van der Waals surface area contributed by atoms with Gasteiger partial charge in [-0.25, -0.2) is 0 Å². The summed E-state index contributed by atoms with van der Waals surface area (Å²) >= 11 is 0. The predicted octanol–water partition coefficient (Wildman–Crippen LogP) is -0.896. The number of carbonyl (C=O) groups excluding carboxylic acids is 1. The van der Waals surface area contributed by atoms with Gasteiger partial charge in [-0.1, -0.05) is 0 Å². The van der Waals surface area contributed by atoms with E-state index in [1.807, 2.05) is 0 Å². The van der Waals surface area contributed by atoms with Gasteiger partial charge in [0.2, 0.25) is 0 Å². The molecule has 0 saturated heterocycles. The van der Waals surface area contributed by atoms with Crippen LogP contribution in [0.25, 0.3) is 5.65 Å². The Morgan fingerprint density at radius 1 is 1.60 bits per heavy atom. The number of tetrazole rings is 1. The van der Waals surface area contributed by atoms with Crippen LogP contribution in [0.15, 0.2) is 12.4 Å². The van der Waals surface area contributed by atoms with Crippen molar-refractivity contribution in [3.05, 3.63) is 12.4 Å². The highest BCUT2D eigenvalue weighted by Crippen LogP contribution is 2.04. The third kappa shape index (κ3) is 1.82. The second-order valence-electron chi connectivity index (χ2n) is 2.67. The Balaban J connectivity index is 2.20. The molecule has 0 atom stereocenters. The highest BCUT2D eigenvalue weighted by atomic mass is 16.5. The maximum Gasteiger partial charge on any atom is 0.325 e. The van der Waals surface area contributed by atoms with E-state index in [1.165, 1.54) is 24.0 Å². The maximum atomic E-state index is 10.9. The van der Waals surface area contributed by atoms with E-state index in [0.717, 1.165) is 0 Å². The third-order valence-corrected chi connectivity index (χ3v) is 1.75. The average Bonchev–Trinajstić information content (AvgIpc) is 2.74. The topological polar surface area (TPSA) is 94.3 Å². The Morgan fingerprint density at radius 3 is 3.27 bits per heavy atom. The summed E-state index contributed by atoms with van der Waals surface area (Å²) in [5.41, 5.74) is 0.505. The zero-order chi connectivity index (χ0) is 10.7. The largest absolute Gasteiger partial charge is 0.468 e. The molecule has 2 aromatic rings. The molecule has 0 aliphatic carbocycles. The molecule has 0 aromatic carbocycles. The van der Waals surface area contributed by atoms with Gasteiger partial charge in [-0.2, -0.15) is 4.52 Å². The molecule has 0 radical (unpaired) electrons. The molecule has 2 aromatic heterocycles. The van der Waals surface area contributed by atoms with Crippen LogP contribution in [0.2, 0.25) is 0 Å². The van der Waals surface area contributed by atoms with Crippen molar-refractivity contribution in [2.45, 2.75) is 0 Å². The maximum absolute atomic E-state index is 10.9. The van der Waals surface area contributed by atoms with Gasteiger partial charge in [0, 0.05) is 0 Å². The molecule has 0 amide bonds. The quantitative estimate of drug-likeness (QED) is 0.653. The van der Waals surface area contributed by atoms with Crippen LogP contribution < -0.4 is 5.32 Å². The lowest BCUT2D eigenvalue weighted by Crippen LogP contribution is -2.17. The summed E-state index contributed by atoms with van der Waals surface area (Å²) < 4.78 is 5.92. The summed E-state index contributed by atoms with van der Waals surface area (Å²) in [7, 11) is 1.32. The van der Waals surface area contributed by atoms with Gasteiger partial charge in [0.05, 0.1) is 19.5 Å². The molecular formula is C7H8N6O2. The predicted molar refractivity (Wildman–Crippen MR) is 49.1 cm³/mol. The second kappa shape index (κ2) is 3.86. The Kier molecular flexibility index (Phi) is 2.40. The number of methoxy groups -OCH3 is 1. The van der Waals surface area contributed by atoms with Crippen molar-refractivity contribution < 1.29 is 9.53 Å². The molecule has 8 nitrogen and oxygen atoms in total. The van der Waals surface area contributed by atoms with Crippen molar-refractivity contribution in [3.8, 4) is 0 Å². The first-order chi connectivity index (χ1) is 7.31. The molecule has 0 fully saturated rings. The SMILES string of the molecule is COC(=O)CNc1cncc2nnnn12. The number of hydrogen-bond acceptors (Lipinski definition) is 7. The normalized spacial score (nSPS) is 10.2. The van der Waals surface area contributed by atoms with Crippen LogP contribution in [0.3, 0.4) is 0 Å². The highest BCUT2D eigenvalue weighted by Gasteiger charge is 2.05. The van der Waals surface area contributed by atoms with Gasteiger partial charge in [0.1, 0.15) is 6.54 Å². The van der Waals surface area contributed by atoms with Crippen molar-refractivity contribution in [1.29, 1.82) is 0 Å². The van der Waals surface area contributed by atoms with Crippen LogP contribution >= 0.6 is 0 Å². The van der Waals surface area contributed by atoms with Gasteiger partial charge in [-0.15, -0.1) is 5.10 Å². The molecule has 0 spiro atoms. The zero-order valence-corrected chi connectivity index (χ0v) is 7.91. The Hall–Kier alpha value is -2.25. The van der Waals surface area contributed by atoms with E-state index < -0.39 is 0 Å². The summed E-state index contributed by atoms with van der Waals surface area (Å²) in [5.74, 6) is 0.156. The molecule has 0 bridgehead atoms. The highest BCUT2D eigenvalue weighted by molar-refractivity contribution is 5.74. The number of fused-ring (bicyclic) bond motifs is 1. The molecule has 15 heavy (non-hydrogen) atoms. The van der Waals surface area contributed by atoms with Gasteiger partial charge in [0.25, 0.3) is 0 Å². The molecule has 78 valence electrons. The minimum atomic E-state index is -0.375. The van der Waals surface area contributed by atoms with Crippen molar-refractivity contribution in [3.63, 3.8) is 0 Å². The average molecular weight is 208 g/mol.